The van der Waals surface area contributed by atoms with Gasteiger partial charge in [0, 0.05) is 29.8 Å². The van der Waals surface area contributed by atoms with Crippen LogP contribution in [0.2, 0.25) is 5.02 Å². The highest BCUT2D eigenvalue weighted by molar-refractivity contribution is 6.33. The van der Waals surface area contributed by atoms with Crippen LogP contribution >= 0.6 is 11.6 Å². The SMILES string of the molecule is CN1CCC2(CC1)CN(c1ccccc1Cl)c1ccccc12.O=C(O)/C=C\C(=O)O. The lowest BCUT2D eigenvalue weighted by atomic mass is 9.74. The normalized spacial score (nSPS) is 17.5. The summed E-state index contributed by atoms with van der Waals surface area (Å²) in [5.41, 5.74) is 4.25. The van der Waals surface area contributed by atoms with Crippen molar-refractivity contribution in [1.29, 1.82) is 0 Å². The average molecular weight is 429 g/mol. The lowest BCUT2D eigenvalue weighted by molar-refractivity contribution is -0.134. The number of benzene rings is 2. The maximum absolute atomic E-state index is 9.55. The summed E-state index contributed by atoms with van der Waals surface area (Å²) >= 11 is 6.47. The van der Waals surface area contributed by atoms with Crippen molar-refractivity contribution in [3.63, 3.8) is 0 Å². The van der Waals surface area contributed by atoms with Gasteiger partial charge < -0.3 is 20.0 Å². The minimum Gasteiger partial charge on any atom is -0.478 e. The molecule has 2 heterocycles. The topological polar surface area (TPSA) is 81.1 Å². The number of anilines is 2. The molecule has 4 rings (SSSR count). The monoisotopic (exact) mass is 428 g/mol. The first-order valence-corrected chi connectivity index (χ1v) is 10.1. The molecule has 0 radical (unpaired) electrons. The molecule has 0 unspecified atom stereocenters. The highest BCUT2D eigenvalue weighted by Crippen LogP contribution is 2.50. The fourth-order valence-electron chi connectivity index (χ4n) is 4.13. The van der Waals surface area contributed by atoms with Crippen LogP contribution in [0.1, 0.15) is 18.4 Å². The molecule has 2 aromatic carbocycles. The Labute approximate surface area is 181 Å². The third-order valence-electron chi connectivity index (χ3n) is 5.68. The highest BCUT2D eigenvalue weighted by atomic mass is 35.5. The average Bonchev–Trinajstić information content (AvgIpc) is 3.04. The Hall–Kier alpha value is -2.83. The van der Waals surface area contributed by atoms with Crippen LogP contribution in [0.5, 0.6) is 0 Å². The molecular weight excluding hydrogens is 404 g/mol. The maximum Gasteiger partial charge on any atom is 0.328 e. The first-order chi connectivity index (χ1) is 14.3. The molecule has 0 atom stereocenters. The Balaban J connectivity index is 0.000000275. The van der Waals surface area contributed by atoms with E-state index in [4.69, 9.17) is 21.8 Å². The van der Waals surface area contributed by atoms with Crippen molar-refractivity contribution in [1.82, 2.24) is 4.90 Å². The molecular formula is C23H25ClN2O4. The van der Waals surface area contributed by atoms with Crippen molar-refractivity contribution >= 4 is 34.9 Å². The summed E-state index contributed by atoms with van der Waals surface area (Å²) in [7, 11) is 2.22. The lowest BCUT2D eigenvalue weighted by Gasteiger charge is -2.38. The van der Waals surface area contributed by atoms with Crippen molar-refractivity contribution < 1.29 is 19.8 Å². The van der Waals surface area contributed by atoms with E-state index < -0.39 is 11.9 Å². The van der Waals surface area contributed by atoms with Gasteiger partial charge in [0.2, 0.25) is 0 Å². The van der Waals surface area contributed by atoms with Gasteiger partial charge in [0.25, 0.3) is 0 Å². The zero-order valence-corrected chi connectivity index (χ0v) is 17.5. The highest BCUT2D eigenvalue weighted by Gasteiger charge is 2.44. The fourth-order valence-corrected chi connectivity index (χ4v) is 4.37. The van der Waals surface area contributed by atoms with Gasteiger partial charge in [0.05, 0.1) is 10.7 Å². The summed E-state index contributed by atoms with van der Waals surface area (Å²) in [6.07, 6.45) is 3.56. The maximum atomic E-state index is 9.55. The molecule has 2 aromatic rings. The Morgan fingerprint density at radius 1 is 0.933 bits per heavy atom. The number of aliphatic carboxylic acids is 2. The van der Waals surface area contributed by atoms with Crippen LogP contribution in [0.3, 0.4) is 0 Å². The van der Waals surface area contributed by atoms with E-state index >= 15 is 0 Å². The van der Waals surface area contributed by atoms with Crippen molar-refractivity contribution in [3.8, 4) is 0 Å². The summed E-state index contributed by atoms with van der Waals surface area (Å²) in [4.78, 5) is 24.0. The van der Waals surface area contributed by atoms with Crippen LogP contribution in [0.15, 0.2) is 60.7 Å². The molecule has 1 spiro atoms. The van der Waals surface area contributed by atoms with Crippen LogP contribution < -0.4 is 4.90 Å². The number of halogens is 1. The summed E-state index contributed by atoms with van der Waals surface area (Å²) in [6.45, 7) is 3.39. The third kappa shape index (κ3) is 4.83. The van der Waals surface area contributed by atoms with E-state index in [2.05, 4.69) is 53.2 Å². The quantitative estimate of drug-likeness (QED) is 0.714. The molecule has 7 heteroatoms. The Kier molecular flexibility index (Phi) is 6.80. The van der Waals surface area contributed by atoms with Gasteiger partial charge in [-0.1, -0.05) is 41.9 Å². The number of hydrogen-bond donors (Lipinski definition) is 2. The van der Waals surface area contributed by atoms with Crippen LogP contribution in [0, 0.1) is 0 Å². The fraction of sp³-hybridized carbons (Fsp3) is 0.304. The summed E-state index contributed by atoms with van der Waals surface area (Å²) in [5, 5.41) is 16.5. The Bertz CT molecular complexity index is 936. The third-order valence-corrected chi connectivity index (χ3v) is 6.00. The van der Waals surface area contributed by atoms with Gasteiger partial charge in [0.15, 0.2) is 0 Å². The number of piperidine rings is 1. The number of hydrogen-bond acceptors (Lipinski definition) is 4. The molecule has 0 aliphatic carbocycles. The number of carboxylic acids is 2. The van der Waals surface area contributed by atoms with E-state index in [1.54, 1.807) is 0 Å². The minimum atomic E-state index is -1.26. The molecule has 30 heavy (non-hydrogen) atoms. The molecule has 0 saturated carbocycles. The smallest absolute Gasteiger partial charge is 0.328 e. The van der Waals surface area contributed by atoms with Crippen LogP contribution in [0.4, 0.5) is 11.4 Å². The van der Waals surface area contributed by atoms with Gasteiger partial charge in [-0.15, -0.1) is 0 Å². The first kappa shape index (κ1) is 21.9. The molecule has 2 aliphatic heterocycles. The zero-order valence-electron chi connectivity index (χ0n) is 16.8. The number of nitrogens with zero attached hydrogens (tertiary/aromatic N) is 2. The molecule has 0 aromatic heterocycles. The van der Waals surface area contributed by atoms with E-state index in [1.165, 1.54) is 37.2 Å². The van der Waals surface area contributed by atoms with Crippen LogP contribution in [0.25, 0.3) is 0 Å². The standard InChI is InChI=1S/C19H21ClN2.C4H4O4/c1-21-12-10-19(11-13-21)14-22(17-8-4-2-6-15(17)19)18-9-5-3-7-16(18)20;5-3(6)1-2-4(7)8/h2-9H,10-14H2,1H3;1-2H,(H,5,6)(H,7,8)/b;2-1-. The van der Waals surface area contributed by atoms with Crippen LogP contribution in [-0.2, 0) is 15.0 Å². The number of carbonyl (C=O) groups is 2. The van der Waals surface area contributed by atoms with E-state index in [-0.39, 0.29) is 5.41 Å². The molecule has 0 bridgehead atoms. The van der Waals surface area contributed by atoms with Crippen molar-refractivity contribution in [2.75, 3.05) is 31.6 Å². The molecule has 1 fully saturated rings. The molecule has 2 N–H and O–H groups in total. The number of rotatable bonds is 3. The predicted octanol–water partition coefficient (Wildman–Crippen LogP) is 4.17. The summed E-state index contributed by atoms with van der Waals surface area (Å²) in [5.74, 6) is -2.51. The molecule has 0 amide bonds. The minimum absolute atomic E-state index is 0.280. The number of likely N-dealkylation sites (tertiary alicyclic amines) is 1. The molecule has 6 nitrogen and oxygen atoms in total. The van der Waals surface area contributed by atoms with Gasteiger partial charge in [0.1, 0.15) is 0 Å². The van der Waals surface area contributed by atoms with Crippen molar-refractivity contribution in [3.05, 3.63) is 71.3 Å². The molecule has 1 saturated heterocycles. The van der Waals surface area contributed by atoms with E-state index in [1.807, 2.05) is 12.1 Å². The van der Waals surface area contributed by atoms with E-state index in [0.29, 0.717) is 12.2 Å². The molecule has 158 valence electrons. The molecule has 2 aliphatic rings. The van der Waals surface area contributed by atoms with Crippen molar-refractivity contribution in [2.24, 2.45) is 0 Å². The zero-order chi connectivity index (χ0) is 21.7. The van der Waals surface area contributed by atoms with Crippen molar-refractivity contribution in [2.45, 2.75) is 18.3 Å². The van der Waals surface area contributed by atoms with Crippen LogP contribution in [-0.4, -0.2) is 53.7 Å². The van der Waals surface area contributed by atoms with Gasteiger partial charge in [-0.3, -0.25) is 0 Å². The van der Waals surface area contributed by atoms with Gasteiger partial charge >= 0.3 is 11.9 Å². The Morgan fingerprint density at radius 3 is 2.03 bits per heavy atom. The summed E-state index contributed by atoms with van der Waals surface area (Å²) in [6, 6.07) is 17.1. The number of para-hydroxylation sites is 2. The van der Waals surface area contributed by atoms with E-state index in [0.717, 1.165) is 17.3 Å². The first-order valence-electron chi connectivity index (χ1n) is 9.76. The lowest BCUT2D eigenvalue weighted by Crippen LogP contribution is -2.43. The second-order valence-corrected chi connectivity index (χ2v) is 8.06. The largest absolute Gasteiger partial charge is 0.478 e. The van der Waals surface area contributed by atoms with Gasteiger partial charge in [-0.05, 0) is 56.7 Å². The van der Waals surface area contributed by atoms with Gasteiger partial charge in [-0.25, -0.2) is 9.59 Å². The second-order valence-electron chi connectivity index (χ2n) is 7.65. The summed E-state index contributed by atoms with van der Waals surface area (Å²) < 4.78 is 0. The second kappa shape index (κ2) is 9.32. The Morgan fingerprint density at radius 2 is 1.47 bits per heavy atom. The van der Waals surface area contributed by atoms with E-state index in [9.17, 15) is 9.59 Å². The van der Waals surface area contributed by atoms with Gasteiger partial charge in [-0.2, -0.15) is 0 Å². The predicted molar refractivity (Wildman–Crippen MR) is 118 cm³/mol. The number of fused-ring (bicyclic) bond motifs is 2. The number of carboxylic acid groups (broad SMARTS) is 2.